The summed E-state index contributed by atoms with van der Waals surface area (Å²) in [6.07, 6.45) is 2.05. The highest BCUT2D eigenvalue weighted by Crippen LogP contribution is 2.26. The normalized spacial score (nSPS) is 16.4. The van der Waals surface area contributed by atoms with Gasteiger partial charge in [0.25, 0.3) is 0 Å². The average molecular weight is 251 g/mol. The van der Waals surface area contributed by atoms with Gasteiger partial charge in [0.15, 0.2) is 0 Å². The Bertz CT molecular complexity index is 389. The van der Waals surface area contributed by atoms with E-state index in [4.69, 9.17) is 9.47 Å². The molecule has 1 aliphatic rings. The molecule has 1 aromatic carbocycles. The fourth-order valence-corrected chi connectivity index (χ4v) is 1.71. The molecule has 4 nitrogen and oxygen atoms in total. The van der Waals surface area contributed by atoms with E-state index in [1.807, 2.05) is 18.2 Å². The van der Waals surface area contributed by atoms with Crippen LogP contribution in [0.4, 0.5) is 0 Å². The lowest BCUT2D eigenvalue weighted by Crippen LogP contribution is -2.18. The van der Waals surface area contributed by atoms with Crippen molar-refractivity contribution < 1.29 is 14.6 Å². The molecule has 1 fully saturated rings. The molecule has 2 rings (SSSR count). The fraction of sp³-hybridized carbons (Fsp3) is 0.571. The Balaban J connectivity index is 2.03. The molecule has 2 N–H and O–H groups in total. The second kappa shape index (κ2) is 6.07. The Labute approximate surface area is 108 Å². The zero-order chi connectivity index (χ0) is 13.0. The standard InChI is InChI=1S/C14H21NO3/c1-10(16)9-18-14-6-5-13(17-2)7-11(14)8-15-12-3-4-12/h5-7,10,12,15-16H,3-4,8-9H2,1-2H3. The molecule has 0 heterocycles. The van der Waals surface area contributed by atoms with Gasteiger partial charge >= 0.3 is 0 Å². The summed E-state index contributed by atoms with van der Waals surface area (Å²) in [6, 6.07) is 6.40. The van der Waals surface area contributed by atoms with Gasteiger partial charge in [0.1, 0.15) is 18.1 Å². The van der Waals surface area contributed by atoms with E-state index in [0.717, 1.165) is 23.6 Å². The van der Waals surface area contributed by atoms with Gasteiger partial charge in [-0.15, -0.1) is 0 Å². The fourth-order valence-electron chi connectivity index (χ4n) is 1.71. The Morgan fingerprint density at radius 2 is 2.22 bits per heavy atom. The van der Waals surface area contributed by atoms with Crippen molar-refractivity contribution in [1.82, 2.24) is 5.32 Å². The van der Waals surface area contributed by atoms with Gasteiger partial charge in [0.05, 0.1) is 13.2 Å². The number of nitrogens with one attached hydrogen (secondary N) is 1. The molecule has 0 saturated heterocycles. The van der Waals surface area contributed by atoms with Crippen molar-refractivity contribution >= 4 is 0 Å². The predicted molar refractivity (Wildman–Crippen MR) is 70.0 cm³/mol. The second-order valence-corrected chi connectivity index (χ2v) is 4.79. The zero-order valence-corrected chi connectivity index (χ0v) is 11.0. The second-order valence-electron chi connectivity index (χ2n) is 4.79. The van der Waals surface area contributed by atoms with Crippen LogP contribution >= 0.6 is 0 Å². The first kappa shape index (κ1) is 13.2. The summed E-state index contributed by atoms with van der Waals surface area (Å²) in [5.41, 5.74) is 1.07. The Kier molecular flexibility index (Phi) is 4.44. The van der Waals surface area contributed by atoms with Crippen LogP contribution < -0.4 is 14.8 Å². The molecule has 100 valence electrons. The van der Waals surface area contributed by atoms with Crippen LogP contribution in [0.5, 0.6) is 11.5 Å². The van der Waals surface area contributed by atoms with Crippen LogP contribution in [0.15, 0.2) is 18.2 Å². The quantitative estimate of drug-likeness (QED) is 0.774. The smallest absolute Gasteiger partial charge is 0.124 e. The SMILES string of the molecule is COc1ccc(OCC(C)O)c(CNC2CC2)c1. The van der Waals surface area contributed by atoms with Crippen molar-refractivity contribution in [2.24, 2.45) is 0 Å². The Hall–Kier alpha value is -1.26. The largest absolute Gasteiger partial charge is 0.497 e. The monoisotopic (exact) mass is 251 g/mol. The van der Waals surface area contributed by atoms with Crippen molar-refractivity contribution in [2.75, 3.05) is 13.7 Å². The highest BCUT2D eigenvalue weighted by atomic mass is 16.5. The first-order valence-corrected chi connectivity index (χ1v) is 6.40. The van der Waals surface area contributed by atoms with Crippen molar-refractivity contribution in [1.29, 1.82) is 0 Å². The number of methoxy groups -OCH3 is 1. The number of aliphatic hydroxyl groups is 1. The van der Waals surface area contributed by atoms with Gasteiger partial charge in [0.2, 0.25) is 0 Å². The molecule has 0 amide bonds. The van der Waals surface area contributed by atoms with E-state index in [9.17, 15) is 5.11 Å². The third-order valence-corrected chi connectivity index (χ3v) is 2.91. The van der Waals surface area contributed by atoms with Crippen LogP contribution in [0.1, 0.15) is 25.3 Å². The summed E-state index contributed by atoms with van der Waals surface area (Å²) in [5, 5.41) is 12.7. The summed E-state index contributed by atoms with van der Waals surface area (Å²) in [6.45, 7) is 2.80. The van der Waals surface area contributed by atoms with Gasteiger partial charge in [-0.05, 0) is 38.0 Å². The summed E-state index contributed by atoms with van der Waals surface area (Å²) < 4.78 is 10.8. The van der Waals surface area contributed by atoms with Crippen LogP contribution in [0.3, 0.4) is 0 Å². The molecule has 18 heavy (non-hydrogen) atoms. The topological polar surface area (TPSA) is 50.7 Å². The molecule has 0 radical (unpaired) electrons. The van der Waals surface area contributed by atoms with E-state index in [-0.39, 0.29) is 0 Å². The highest BCUT2D eigenvalue weighted by molar-refractivity contribution is 5.40. The van der Waals surface area contributed by atoms with Crippen LogP contribution in [-0.2, 0) is 6.54 Å². The van der Waals surface area contributed by atoms with Crippen LogP contribution in [-0.4, -0.2) is 31.0 Å². The van der Waals surface area contributed by atoms with E-state index in [2.05, 4.69) is 5.32 Å². The lowest BCUT2D eigenvalue weighted by Gasteiger charge is -2.14. The Morgan fingerprint density at radius 1 is 1.44 bits per heavy atom. The van der Waals surface area contributed by atoms with Crippen molar-refractivity contribution in [2.45, 2.75) is 38.5 Å². The van der Waals surface area contributed by atoms with E-state index in [1.165, 1.54) is 12.8 Å². The van der Waals surface area contributed by atoms with Gasteiger partial charge in [-0.2, -0.15) is 0 Å². The summed E-state index contributed by atoms with van der Waals surface area (Å²) in [7, 11) is 1.66. The highest BCUT2D eigenvalue weighted by Gasteiger charge is 2.20. The van der Waals surface area contributed by atoms with E-state index < -0.39 is 6.10 Å². The van der Waals surface area contributed by atoms with Gasteiger partial charge in [-0.25, -0.2) is 0 Å². The summed E-state index contributed by atoms with van der Waals surface area (Å²) >= 11 is 0. The molecule has 0 aromatic heterocycles. The number of ether oxygens (including phenoxy) is 2. The van der Waals surface area contributed by atoms with Crippen LogP contribution in [0, 0.1) is 0 Å². The lowest BCUT2D eigenvalue weighted by molar-refractivity contribution is 0.122. The third-order valence-electron chi connectivity index (χ3n) is 2.91. The number of hydrogen-bond donors (Lipinski definition) is 2. The van der Waals surface area contributed by atoms with E-state index in [0.29, 0.717) is 12.6 Å². The maximum Gasteiger partial charge on any atom is 0.124 e. The first-order chi connectivity index (χ1) is 8.69. The molecule has 0 aliphatic heterocycles. The molecular formula is C14H21NO3. The summed E-state index contributed by atoms with van der Waals surface area (Å²) in [5.74, 6) is 1.64. The average Bonchev–Trinajstić information content (AvgIpc) is 3.18. The van der Waals surface area contributed by atoms with Gasteiger partial charge in [-0.1, -0.05) is 0 Å². The van der Waals surface area contributed by atoms with Crippen molar-refractivity contribution in [3.05, 3.63) is 23.8 Å². The molecular weight excluding hydrogens is 230 g/mol. The summed E-state index contributed by atoms with van der Waals surface area (Å²) in [4.78, 5) is 0. The zero-order valence-electron chi connectivity index (χ0n) is 11.0. The molecule has 4 heteroatoms. The maximum atomic E-state index is 9.27. The van der Waals surface area contributed by atoms with Gasteiger partial charge in [-0.3, -0.25) is 0 Å². The number of hydrogen-bond acceptors (Lipinski definition) is 4. The van der Waals surface area contributed by atoms with Crippen molar-refractivity contribution in [3.63, 3.8) is 0 Å². The lowest BCUT2D eigenvalue weighted by atomic mass is 10.2. The van der Waals surface area contributed by atoms with Crippen LogP contribution in [0.25, 0.3) is 0 Å². The van der Waals surface area contributed by atoms with E-state index >= 15 is 0 Å². The number of benzene rings is 1. The number of rotatable bonds is 7. The third kappa shape index (κ3) is 3.89. The predicted octanol–water partition coefficient (Wildman–Crippen LogP) is 1.71. The molecule has 1 aromatic rings. The minimum Gasteiger partial charge on any atom is -0.497 e. The molecule has 0 spiro atoms. The van der Waals surface area contributed by atoms with E-state index in [1.54, 1.807) is 14.0 Å². The van der Waals surface area contributed by atoms with Crippen LogP contribution in [0.2, 0.25) is 0 Å². The van der Waals surface area contributed by atoms with Gasteiger partial charge < -0.3 is 19.9 Å². The molecule has 1 aliphatic carbocycles. The molecule has 1 atom stereocenters. The Morgan fingerprint density at radius 3 is 2.83 bits per heavy atom. The minimum atomic E-state index is -0.462. The maximum absolute atomic E-state index is 9.27. The molecule has 0 bridgehead atoms. The minimum absolute atomic E-state index is 0.308. The molecule has 1 saturated carbocycles. The van der Waals surface area contributed by atoms with Crippen molar-refractivity contribution in [3.8, 4) is 11.5 Å². The number of aliphatic hydroxyl groups excluding tert-OH is 1. The first-order valence-electron chi connectivity index (χ1n) is 6.40. The molecule has 1 unspecified atom stereocenters. The van der Waals surface area contributed by atoms with Gasteiger partial charge in [0, 0.05) is 18.2 Å².